The molecule has 2 rings (SSSR count). The van der Waals surface area contributed by atoms with Crippen molar-refractivity contribution in [1.82, 2.24) is 15.5 Å². The maximum absolute atomic E-state index is 11.8. The molecule has 0 saturated carbocycles. The smallest absolute Gasteiger partial charge is 0.314 e. The lowest BCUT2D eigenvalue weighted by atomic mass is 10.2. The maximum Gasteiger partial charge on any atom is 0.314 e. The SMILES string of the molecule is CC(CO)CNC(=O)NCC(C)N1CCN(c2ccccc2)CC1. The summed E-state index contributed by atoms with van der Waals surface area (Å²) in [6.07, 6.45) is 0. The van der Waals surface area contributed by atoms with Crippen molar-refractivity contribution in [3.05, 3.63) is 30.3 Å². The van der Waals surface area contributed by atoms with E-state index in [1.807, 2.05) is 13.0 Å². The summed E-state index contributed by atoms with van der Waals surface area (Å²) in [5.41, 5.74) is 1.28. The largest absolute Gasteiger partial charge is 0.396 e. The van der Waals surface area contributed by atoms with Gasteiger partial charge in [-0.3, -0.25) is 4.90 Å². The quantitative estimate of drug-likeness (QED) is 0.699. The lowest BCUT2D eigenvalue weighted by Gasteiger charge is -2.39. The molecule has 1 aromatic rings. The van der Waals surface area contributed by atoms with Gasteiger partial charge in [-0.05, 0) is 25.0 Å². The van der Waals surface area contributed by atoms with Crippen molar-refractivity contribution in [2.75, 3.05) is 50.8 Å². The molecular weight excluding hydrogens is 304 g/mol. The average molecular weight is 334 g/mol. The number of hydrogen-bond acceptors (Lipinski definition) is 4. The zero-order valence-electron chi connectivity index (χ0n) is 14.7. The zero-order valence-corrected chi connectivity index (χ0v) is 14.7. The molecule has 24 heavy (non-hydrogen) atoms. The number of aliphatic hydroxyl groups excluding tert-OH is 1. The first-order valence-electron chi connectivity index (χ1n) is 8.76. The van der Waals surface area contributed by atoms with E-state index in [-0.39, 0.29) is 18.6 Å². The Labute approximate surface area is 144 Å². The summed E-state index contributed by atoms with van der Waals surface area (Å²) < 4.78 is 0. The second-order valence-electron chi connectivity index (χ2n) is 6.59. The number of nitrogens with one attached hydrogen (secondary N) is 2. The first kappa shape index (κ1) is 18.5. The molecule has 0 bridgehead atoms. The van der Waals surface area contributed by atoms with Crippen LogP contribution in [0.3, 0.4) is 0 Å². The van der Waals surface area contributed by atoms with E-state index in [1.54, 1.807) is 0 Å². The molecule has 1 aromatic carbocycles. The number of benzene rings is 1. The summed E-state index contributed by atoms with van der Waals surface area (Å²) in [7, 11) is 0. The molecular formula is C18H30N4O2. The molecule has 2 amide bonds. The van der Waals surface area contributed by atoms with Crippen LogP contribution in [0.4, 0.5) is 10.5 Å². The number of piperazine rings is 1. The number of carbonyl (C=O) groups is 1. The normalized spacial score (nSPS) is 18.0. The van der Waals surface area contributed by atoms with E-state index in [1.165, 1.54) is 5.69 Å². The number of nitrogens with zero attached hydrogens (tertiary/aromatic N) is 2. The van der Waals surface area contributed by atoms with Gasteiger partial charge in [-0.15, -0.1) is 0 Å². The van der Waals surface area contributed by atoms with E-state index in [0.29, 0.717) is 19.1 Å². The molecule has 2 atom stereocenters. The monoisotopic (exact) mass is 334 g/mol. The third kappa shape index (κ3) is 5.69. The number of anilines is 1. The Bertz CT molecular complexity index is 489. The second kappa shape index (κ2) is 9.49. The third-order valence-corrected chi connectivity index (χ3v) is 4.54. The van der Waals surface area contributed by atoms with Crippen molar-refractivity contribution in [3.63, 3.8) is 0 Å². The standard InChI is InChI=1S/C18H30N4O2/c1-15(14-23)12-19-18(24)20-13-16(2)21-8-10-22(11-9-21)17-6-4-3-5-7-17/h3-7,15-16,23H,8-14H2,1-2H3,(H2,19,20,24). The molecule has 2 unspecified atom stereocenters. The van der Waals surface area contributed by atoms with Gasteiger partial charge in [-0.1, -0.05) is 25.1 Å². The zero-order chi connectivity index (χ0) is 17.4. The maximum atomic E-state index is 11.8. The van der Waals surface area contributed by atoms with Crippen LogP contribution in [0.25, 0.3) is 0 Å². The van der Waals surface area contributed by atoms with Gasteiger partial charge < -0.3 is 20.6 Å². The predicted molar refractivity (Wildman–Crippen MR) is 97.3 cm³/mol. The topological polar surface area (TPSA) is 67.8 Å². The van der Waals surface area contributed by atoms with Crippen molar-refractivity contribution < 1.29 is 9.90 Å². The van der Waals surface area contributed by atoms with Gasteiger partial charge in [0, 0.05) is 57.6 Å². The number of amides is 2. The minimum absolute atomic E-state index is 0.0826. The summed E-state index contributed by atoms with van der Waals surface area (Å²) in [6, 6.07) is 10.6. The highest BCUT2D eigenvalue weighted by Gasteiger charge is 2.21. The van der Waals surface area contributed by atoms with Crippen LogP contribution in [-0.4, -0.2) is 68.0 Å². The lowest BCUT2D eigenvalue weighted by molar-refractivity contribution is 0.189. The van der Waals surface area contributed by atoms with E-state index in [2.05, 4.69) is 51.6 Å². The van der Waals surface area contributed by atoms with E-state index in [9.17, 15) is 4.79 Å². The van der Waals surface area contributed by atoms with Crippen molar-refractivity contribution in [2.45, 2.75) is 19.9 Å². The molecule has 6 heteroatoms. The lowest BCUT2D eigenvalue weighted by Crippen LogP contribution is -2.53. The summed E-state index contributed by atoms with van der Waals surface area (Å²) in [5, 5.41) is 14.7. The minimum atomic E-state index is -0.162. The highest BCUT2D eigenvalue weighted by molar-refractivity contribution is 5.73. The summed E-state index contributed by atoms with van der Waals surface area (Å²) >= 11 is 0. The Morgan fingerprint density at radius 2 is 1.71 bits per heavy atom. The first-order valence-corrected chi connectivity index (χ1v) is 8.76. The molecule has 0 aromatic heterocycles. The van der Waals surface area contributed by atoms with Gasteiger partial charge in [0.15, 0.2) is 0 Å². The Morgan fingerprint density at radius 1 is 1.08 bits per heavy atom. The minimum Gasteiger partial charge on any atom is -0.396 e. The van der Waals surface area contributed by atoms with Gasteiger partial charge in [0.1, 0.15) is 0 Å². The molecule has 134 valence electrons. The van der Waals surface area contributed by atoms with E-state index >= 15 is 0 Å². The second-order valence-corrected chi connectivity index (χ2v) is 6.59. The molecule has 1 aliphatic heterocycles. The molecule has 0 aliphatic carbocycles. The highest BCUT2D eigenvalue weighted by Crippen LogP contribution is 2.16. The Morgan fingerprint density at radius 3 is 2.33 bits per heavy atom. The van der Waals surface area contributed by atoms with Crippen LogP contribution in [0, 0.1) is 5.92 Å². The molecule has 3 N–H and O–H groups in total. The van der Waals surface area contributed by atoms with Crippen molar-refractivity contribution in [2.24, 2.45) is 5.92 Å². The molecule has 0 spiro atoms. The fourth-order valence-corrected chi connectivity index (χ4v) is 2.82. The van der Waals surface area contributed by atoms with Crippen molar-refractivity contribution >= 4 is 11.7 Å². The number of hydrogen-bond donors (Lipinski definition) is 3. The molecule has 0 radical (unpaired) electrons. The summed E-state index contributed by atoms with van der Waals surface area (Å²) in [6.45, 7) is 9.27. The van der Waals surface area contributed by atoms with Crippen LogP contribution < -0.4 is 15.5 Å². The average Bonchev–Trinajstić information content (AvgIpc) is 2.64. The fraction of sp³-hybridized carbons (Fsp3) is 0.611. The Hall–Kier alpha value is -1.79. The summed E-state index contributed by atoms with van der Waals surface area (Å²) in [4.78, 5) is 16.6. The van der Waals surface area contributed by atoms with Crippen LogP contribution in [0.5, 0.6) is 0 Å². The first-order chi connectivity index (χ1) is 11.6. The van der Waals surface area contributed by atoms with E-state index in [4.69, 9.17) is 5.11 Å². The number of rotatable bonds is 7. The fourth-order valence-electron chi connectivity index (χ4n) is 2.82. The molecule has 1 aliphatic rings. The number of para-hydroxylation sites is 1. The molecule has 1 saturated heterocycles. The van der Waals surface area contributed by atoms with Gasteiger partial charge >= 0.3 is 6.03 Å². The van der Waals surface area contributed by atoms with Crippen molar-refractivity contribution in [3.8, 4) is 0 Å². The Balaban J connectivity index is 1.67. The van der Waals surface area contributed by atoms with Gasteiger partial charge in [-0.2, -0.15) is 0 Å². The number of carbonyl (C=O) groups excluding carboxylic acids is 1. The van der Waals surface area contributed by atoms with E-state index < -0.39 is 0 Å². The number of aliphatic hydroxyl groups is 1. The summed E-state index contributed by atoms with van der Waals surface area (Å²) in [5.74, 6) is 0.0826. The number of urea groups is 1. The molecule has 6 nitrogen and oxygen atoms in total. The van der Waals surface area contributed by atoms with Crippen LogP contribution in [-0.2, 0) is 0 Å². The molecule has 1 heterocycles. The highest BCUT2D eigenvalue weighted by atomic mass is 16.3. The van der Waals surface area contributed by atoms with Gasteiger partial charge in [0.05, 0.1) is 0 Å². The van der Waals surface area contributed by atoms with Crippen LogP contribution in [0.1, 0.15) is 13.8 Å². The van der Waals surface area contributed by atoms with E-state index in [0.717, 1.165) is 26.2 Å². The van der Waals surface area contributed by atoms with Crippen LogP contribution >= 0.6 is 0 Å². The third-order valence-electron chi connectivity index (χ3n) is 4.54. The molecule has 1 fully saturated rings. The van der Waals surface area contributed by atoms with Crippen LogP contribution in [0.15, 0.2) is 30.3 Å². The van der Waals surface area contributed by atoms with Crippen molar-refractivity contribution in [1.29, 1.82) is 0 Å². The van der Waals surface area contributed by atoms with Gasteiger partial charge in [-0.25, -0.2) is 4.79 Å². The Kier molecular flexibility index (Phi) is 7.34. The van der Waals surface area contributed by atoms with Gasteiger partial charge in [0.25, 0.3) is 0 Å². The van der Waals surface area contributed by atoms with Crippen LogP contribution in [0.2, 0.25) is 0 Å². The van der Waals surface area contributed by atoms with Gasteiger partial charge in [0.2, 0.25) is 0 Å². The predicted octanol–water partition coefficient (Wildman–Crippen LogP) is 1.12.